The summed E-state index contributed by atoms with van der Waals surface area (Å²) in [6.07, 6.45) is 5.28. The van der Waals surface area contributed by atoms with Gasteiger partial charge in [0.25, 0.3) is 0 Å². The lowest BCUT2D eigenvalue weighted by Gasteiger charge is -2.25. The highest BCUT2D eigenvalue weighted by Crippen LogP contribution is 2.24. The van der Waals surface area contributed by atoms with E-state index >= 15 is 0 Å². The number of pyridine rings is 1. The number of nitrogens with zero attached hydrogens (tertiary/aromatic N) is 1. The monoisotopic (exact) mass is 249 g/mol. The summed E-state index contributed by atoms with van der Waals surface area (Å²) in [7, 11) is 1.66. The first-order valence-corrected chi connectivity index (χ1v) is 6.29. The first kappa shape index (κ1) is 12.8. The number of aromatic nitrogens is 1. The van der Waals surface area contributed by atoms with E-state index in [-0.39, 0.29) is 23.4 Å². The van der Waals surface area contributed by atoms with Crippen LogP contribution in [0.25, 0.3) is 0 Å². The number of nitrogens with two attached hydrogens (primary N) is 1. The van der Waals surface area contributed by atoms with Crippen LogP contribution in [-0.4, -0.2) is 16.5 Å². The minimum absolute atomic E-state index is 0.00352. The molecule has 1 fully saturated rings. The van der Waals surface area contributed by atoms with Crippen molar-refractivity contribution in [2.45, 2.75) is 31.7 Å². The number of amides is 1. The molecule has 1 aliphatic rings. The topological polar surface area (TPSA) is 77.1 Å². The number of carbonyl (C=O) groups is 1. The van der Waals surface area contributed by atoms with Gasteiger partial charge in [-0.25, -0.2) is 0 Å². The second-order valence-corrected chi connectivity index (χ2v) is 4.98. The quantitative estimate of drug-likeness (QED) is 0.815. The second kappa shape index (κ2) is 5.35. The molecule has 1 heterocycles. The summed E-state index contributed by atoms with van der Waals surface area (Å²) in [5.74, 6) is -0.00483. The van der Waals surface area contributed by atoms with Crippen LogP contribution in [0.2, 0.25) is 0 Å². The van der Waals surface area contributed by atoms with Crippen LogP contribution in [0.5, 0.6) is 0 Å². The van der Waals surface area contributed by atoms with E-state index in [0.717, 1.165) is 25.7 Å². The van der Waals surface area contributed by atoms with Gasteiger partial charge in [0, 0.05) is 31.3 Å². The molecule has 2 unspecified atom stereocenters. The third-order valence-corrected chi connectivity index (χ3v) is 3.44. The van der Waals surface area contributed by atoms with Gasteiger partial charge in [-0.2, -0.15) is 0 Å². The summed E-state index contributed by atoms with van der Waals surface area (Å²) in [6, 6.07) is 3.21. The maximum atomic E-state index is 12.1. The van der Waals surface area contributed by atoms with E-state index < -0.39 is 0 Å². The molecule has 1 amide bonds. The van der Waals surface area contributed by atoms with Gasteiger partial charge in [0.1, 0.15) is 0 Å². The van der Waals surface area contributed by atoms with Crippen LogP contribution in [0.15, 0.2) is 23.1 Å². The van der Waals surface area contributed by atoms with Crippen molar-refractivity contribution in [3.8, 4) is 0 Å². The van der Waals surface area contributed by atoms with E-state index in [4.69, 9.17) is 5.73 Å². The maximum absolute atomic E-state index is 12.1. The van der Waals surface area contributed by atoms with Crippen molar-refractivity contribution in [2.75, 3.05) is 5.32 Å². The number of rotatable bonds is 2. The van der Waals surface area contributed by atoms with Crippen molar-refractivity contribution in [1.82, 2.24) is 4.57 Å². The molecule has 5 nitrogen and oxygen atoms in total. The van der Waals surface area contributed by atoms with Crippen LogP contribution in [-0.2, 0) is 11.8 Å². The predicted octanol–water partition coefficient (Wildman–Crippen LogP) is 0.841. The van der Waals surface area contributed by atoms with E-state index in [1.165, 1.54) is 10.6 Å². The molecule has 18 heavy (non-hydrogen) atoms. The van der Waals surface area contributed by atoms with Gasteiger partial charge in [-0.3, -0.25) is 9.59 Å². The van der Waals surface area contributed by atoms with Gasteiger partial charge in [-0.15, -0.1) is 0 Å². The van der Waals surface area contributed by atoms with Crippen molar-refractivity contribution < 1.29 is 4.79 Å². The Labute approximate surface area is 106 Å². The lowest BCUT2D eigenvalue weighted by Crippen LogP contribution is -2.34. The van der Waals surface area contributed by atoms with E-state index in [9.17, 15) is 9.59 Å². The standard InChI is InChI=1S/C13H19N3O2/c1-16-8-11(5-6-12(16)17)15-13(18)9-3-2-4-10(14)7-9/h5-6,8-10H,2-4,7,14H2,1H3,(H,15,18). The van der Waals surface area contributed by atoms with Crippen LogP contribution in [0.1, 0.15) is 25.7 Å². The highest BCUT2D eigenvalue weighted by Gasteiger charge is 2.25. The minimum atomic E-state index is -0.0901. The van der Waals surface area contributed by atoms with Crippen LogP contribution >= 0.6 is 0 Å². The fraction of sp³-hybridized carbons (Fsp3) is 0.538. The van der Waals surface area contributed by atoms with Gasteiger partial charge in [0.15, 0.2) is 0 Å². The molecule has 0 aromatic carbocycles. The highest BCUT2D eigenvalue weighted by molar-refractivity contribution is 5.92. The van der Waals surface area contributed by atoms with E-state index in [1.54, 1.807) is 19.3 Å². The van der Waals surface area contributed by atoms with Gasteiger partial charge in [-0.1, -0.05) is 6.42 Å². The number of carbonyl (C=O) groups excluding carboxylic acids is 1. The smallest absolute Gasteiger partial charge is 0.250 e. The summed E-state index contributed by atoms with van der Waals surface area (Å²) in [4.78, 5) is 23.3. The van der Waals surface area contributed by atoms with Gasteiger partial charge in [-0.05, 0) is 25.3 Å². The summed E-state index contributed by atoms with van der Waals surface area (Å²) in [5.41, 5.74) is 6.44. The lowest BCUT2D eigenvalue weighted by molar-refractivity contribution is -0.120. The molecule has 1 aliphatic carbocycles. The third kappa shape index (κ3) is 2.98. The molecule has 0 bridgehead atoms. The van der Waals surface area contributed by atoms with E-state index in [0.29, 0.717) is 5.69 Å². The molecule has 3 N–H and O–H groups in total. The Morgan fingerprint density at radius 2 is 2.22 bits per heavy atom. The van der Waals surface area contributed by atoms with Crippen molar-refractivity contribution in [3.05, 3.63) is 28.7 Å². The average Bonchev–Trinajstić information content (AvgIpc) is 2.34. The molecule has 0 radical (unpaired) electrons. The first-order valence-electron chi connectivity index (χ1n) is 6.29. The van der Waals surface area contributed by atoms with Crippen molar-refractivity contribution >= 4 is 11.6 Å². The van der Waals surface area contributed by atoms with Crippen molar-refractivity contribution in [1.29, 1.82) is 0 Å². The zero-order valence-electron chi connectivity index (χ0n) is 10.6. The normalized spacial score (nSPS) is 23.7. The summed E-state index contributed by atoms with van der Waals surface area (Å²) in [5, 5.41) is 2.85. The molecular formula is C13H19N3O2. The number of nitrogens with one attached hydrogen (secondary N) is 1. The largest absolute Gasteiger partial charge is 0.328 e. The number of anilines is 1. The first-order chi connectivity index (χ1) is 8.56. The number of hydrogen-bond acceptors (Lipinski definition) is 3. The second-order valence-electron chi connectivity index (χ2n) is 4.98. The summed E-state index contributed by atoms with van der Waals surface area (Å²) < 4.78 is 1.45. The Hall–Kier alpha value is -1.62. The van der Waals surface area contributed by atoms with Crippen LogP contribution in [0.4, 0.5) is 5.69 Å². The van der Waals surface area contributed by atoms with Crippen molar-refractivity contribution in [2.24, 2.45) is 18.7 Å². The molecule has 1 aromatic heterocycles. The summed E-state index contributed by atoms with van der Waals surface area (Å²) in [6.45, 7) is 0. The summed E-state index contributed by atoms with van der Waals surface area (Å²) >= 11 is 0. The Bertz CT molecular complexity index is 495. The Kier molecular flexibility index (Phi) is 3.81. The fourth-order valence-electron chi connectivity index (χ4n) is 2.38. The predicted molar refractivity (Wildman–Crippen MR) is 70.2 cm³/mol. The van der Waals surface area contributed by atoms with E-state index in [1.807, 2.05) is 0 Å². The molecule has 2 rings (SSSR count). The number of hydrogen-bond donors (Lipinski definition) is 2. The Morgan fingerprint density at radius 3 is 2.89 bits per heavy atom. The van der Waals surface area contributed by atoms with Crippen LogP contribution in [0, 0.1) is 5.92 Å². The Balaban J connectivity index is 2.02. The van der Waals surface area contributed by atoms with Gasteiger partial charge >= 0.3 is 0 Å². The molecule has 0 spiro atoms. The van der Waals surface area contributed by atoms with Crippen LogP contribution < -0.4 is 16.6 Å². The molecule has 2 atom stereocenters. The minimum Gasteiger partial charge on any atom is -0.328 e. The number of aryl methyl sites for hydroxylation is 1. The lowest BCUT2D eigenvalue weighted by atomic mass is 9.85. The van der Waals surface area contributed by atoms with Gasteiger partial charge < -0.3 is 15.6 Å². The molecule has 5 heteroatoms. The van der Waals surface area contributed by atoms with Crippen molar-refractivity contribution in [3.63, 3.8) is 0 Å². The third-order valence-electron chi connectivity index (χ3n) is 3.44. The molecule has 1 saturated carbocycles. The zero-order valence-corrected chi connectivity index (χ0v) is 10.6. The fourth-order valence-corrected chi connectivity index (χ4v) is 2.38. The Morgan fingerprint density at radius 1 is 1.44 bits per heavy atom. The molecule has 1 aromatic rings. The van der Waals surface area contributed by atoms with Crippen LogP contribution in [0.3, 0.4) is 0 Å². The van der Waals surface area contributed by atoms with Gasteiger partial charge in [0.05, 0.1) is 5.69 Å². The molecule has 0 saturated heterocycles. The zero-order chi connectivity index (χ0) is 13.1. The average molecular weight is 249 g/mol. The molecule has 98 valence electrons. The molecule has 0 aliphatic heterocycles. The molecular weight excluding hydrogens is 230 g/mol. The maximum Gasteiger partial charge on any atom is 0.250 e. The highest BCUT2D eigenvalue weighted by atomic mass is 16.2. The SMILES string of the molecule is Cn1cc(NC(=O)C2CCCC(N)C2)ccc1=O. The van der Waals surface area contributed by atoms with Gasteiger partial charge in [0.2, 0.25) is 11.5 Å². The van der Waals surface area contributed by atoms with E-state index in [2.05, 4.69) is 5.32 Å².